The van der Waals surface area contributed by atoms with Gasteiger partial charge < -0.3 is 20.0 Å². The van der Waals surface area contributed by atoms with Crippen LogP contribution in [0.15, 0.2) is 21.4 Å². The molecule has 3 rings (SSSR count). The molecule has 0 aliphatic carbocycles. The third kappa shape index (κ3) is 2.55. The van der Waals surface area contributed by atoms with Gasteiger partial charge in [0, 0.05) is 11.1 Å². The Morgan fingerprint density at radius 1 is 1.45 bits per heavy atom. The highest BCUT2D eigenvalue weighted by atomic mass is 79.9. The van der Waals surface area contributed by atoms with Crippen molar-refractivity contribution in [3.05, 3.63) is 32.7 Å². The molecule has 1 aromatic carbocycles. The SMILES string of the molecule is CCNC(c1cc2[nH]c(=O)[nH]c2cc1Br)C1CCCO1. The third-order valence-corrected chi connectivity index (χ3v) is 4.42. The Hall–Kier alpha value is -1.11. The summed E-state index contributed by atoms with van der Waals surface area (Å²) in [6, 6.07) is 4.11. The Labute approximate surface area is 125 Å². The van der Waals surface area contributed by atoms with Gasteiger partial charge in [0.2, 0.25) is 0 Å². The molecule has 1 saturated heterocycles. The van der Waals surface area contributed by atoms with Crippen LogP contribution in [0, 0.1) is 0 Å². The predicted octanol–water partition coefficient (Wildman–Crippen LogP) is 2.45. The maximum absolute atomic E-state index is 11.4. The van der Waals surface area contributed by atoms with Crippen LogP contribution in [-0.4, -0.2) is 29.2 Å². The molecule has 2 unspecified atom stereocenters. The summed E-state index contributed by atoms with van der Waals surface area (Å²) < 4.78 is 6.82. The summed E-state index contributed by atoms with van der Waals surface area (Å²) >= 11 is 3.61. The molecule has 6 heteroatoms. The summed E-state index contributed by atoms with van der Waals surface area (Å²) in [5.74, 6) is 0. The zero-order chi connectivity index (χ0) is 14.1. The average molecular weight is 340 g/mol. The molecule has 108 valence electrons. The van der Waals surface area contributed by atoms with Crippen molar-refractivity contribution in [2.75, 3.05) is 13.2 Å². The second-order valence-corrected chi connectivity index (χ2v) is 5.94. The van der Waals surface area contributed by atoms with Crippen molar-refractivity contribution < 1.29 is 4.74 Å². The van der Waals surface area contributed by atoms with Crippen molar-refractivity contribution in [1.82, 2.24) is 15.3 Å². The van der Waals surface area contributed by atoms with Crippen LogP contribution in [0.5, 0.6) is 0 Å². The van der Waals surface area contributed by atoms with E-state index in [9.17, 15) is 4.79 Å². The number of halogens is 1. The number of imidazole rings is 1. The molecule has 1 aliphatic rings. The van der Waals surface area contributed by atoms with Crippen LogP contribution in [0.2, 0.25) is 0 Å². The standard InChI is InChI=1S/C14H18BrN3O2/c1-2-16-13(12-4-3-5-20-12)8-6-10-11(7-9(8)15)18-14(19)17-10/h6-7,12-13,16H,2-5H2,1H3,(H2,17,18,19). The number of H-pyrrole nitrogens is 2. The second-order valence-electron chi connectivity index (χ2n) is 5.09. The smallest absolute Gasteiger partial charge is 0.323 e. The minimum absolute atomic E-state index is 0.139. The molecule has 1 aromatic heterocycles. The fraction of sp³-hybridized carbons (Fsp3) is 0.500. The maximum Gasteiger partial charge on any atom is 0.323 e. The van der Waals surface area contributed by atoms with Crippen molar-refractivity contribution in [1.29, 1.82) is 0 Å². The summed E-state index contributed by atoms with van der Waals surface area (Å²) in [6.45, 7) is 3.79. The molecule has 5 nitrogen and oxygen atoms in total. The molecule has 0 saturated carbocycles. The summed E-state index contributed by atoms with van der Waals surface area (Å²) in [7, 11) is 0. The Bertz CT molecular complexity index is 658. The molecule has 1 fully saturated rings. The van der Waals surface area contributed by atoms with Crippen LogP contribution < -0.4 is 11.0 Å². The van der Waals surface area contributed by atoms with Gasteiger partial charge >= 0.3 is 5.69 Å². The zero-order valence-electron chi connectivity index (χ0n) is 11.3. The van der Waals surface area contributed by atoms with Crippen LogP contribution in [-0.2, 0) is 4.74 Å². The third-order valence-electron chi connectivity index (χ3n) is 3.73. The topological polar surface area (TPSA) is 69.9 Å². The molecule has 3 N–H and O–H groups in total. The Kier molecular flexibility index (Phi) is 3.96. The van der Waals surface area contributed by atoms with Gasteiger partial charge in [0.25, 0.3) is 0 Å². The molecule has 0 spiro atoms. The highest BCUT2D eigenvalue weighted by Crippen LogP contribution is 2.33. The van der Waals surface area contributed by atoms with Gasteiger partial charge in [0.05, 0.1) is 23.2 Å². The largest absolute Gasteiger partial charge is 0.376 e. The molecule has 1 aliphatic heterocycles. The Morgan fingerprint density at radius 2 is 2.20 bits per heavy atom. The van der Waals surface area contributed by atoms with Crippen LogP contribution in [0.3, 0.4) is 0 Å². The highest BCUT2D eigenvalue weighted by Gasteiger charge is 2.28. The van der Waals surface area contributed by atoms with Crippen LogP contribution in [0.1, 0.15) is 31.4 Å². The fourth-order valence-electron chi connectivity index (χ4n) is 2.84. The summed E-state index contributed by atoms with van der Waals surface area (Å²) in [5, 5.41) is 3.50. The molecule has 0 radical (unpaired) electrons. The summed E-state index contributed by atoms with van der Waals surface area (Å²) in [6.07, 6.45) is 2.36. The Morgan fingerprint density at radius 3 is 2.85 bits per heavy atom. The minimum Gasteiger partial charge on any atom is -0.376 e. The van der Waals surface area contributed by atoms with Crippen LogP contribution >= 0.6 is 15.9 Å². The number of benzene rings is 1. The fourth-order valence-corrected chi connectivity index (χ4v) is 3.43. The molecule has 2 heterocycles. The number of likely N-dealkylation sites (N-methyl/N-ethyl adjacent to an activating group) is 1. The van der Waals surface area contributed by atoms with Gasteiger partial charge in [-0.2, -0.15) is 0 Å². The zero-order valence-corrected chi connectivity index (χ0v) is 12.9. The van der Waals surface area contributed by atoms with E-state index in [1.807, 2.05) is 12.1 Å². The van der Waals surface area contributed by atoms with Gasteiger partial charge in [-0.05, 0) is 37.1 Å². The molecular formula is C14H18BrN3O2. The lowest BCUT2D eigenvalue weighted by molar-refractivity contribution is 0.0786. The second kappa shape index (κ2) is 5.71. The van der Waals surface area contributed by atoms with E-state index < -0.39 is 0 Å². The molecule has 0 amide bonds. The number of rotatable bonds is 4. The van der Waals surface area contributed by atoms with Crippen molar-refractivity contribution in [3.63, 3.8) is 0 Å². The quantitative estimate of drug-likeness (QED) is 0.801. The van der Waals surface area contributed by atoms with E-state index in [1.165, 1.54) is 0 Å². The summed E-state index contributed by atoms with van der Waals surface area (Å²) in [4.78, 5) is 17.0. The number of hydrogen-bond donors (Lipinski definition) is 3. The first-order chi connectivity index (χ1) is 9.69. The van der Waals surface area contributed by atoms with Gasteiger partial charge in [0.15, 0.2) is 0 Å². The van der Waals surface area contributed by atoms with Gasteiger partial charge in [-0.25, -0.2) is 4.79 Å². The first-order valence-corrected chi connectivity index (χ1v) is 7.74. The summed E-state index contributed by atoms with van der Waals surface area (Å²) in [5.41, 5.74) is 2.59. The Balaban J connectivity index is 2.04. The molecule has 0 bridgehead atoms. The number of hydrogen-bond acceptors (Lipinski definition) is 3. The van der Waals surface area contributed by atoms with E-state index in [4.69, 9.17) is 4.74 Å². The lowest BCUT2D eigenvalue weighted by atomic mass is 9.98. The molecule has 20 heavy (non-hydrogen) atoms. The molecular weight excluding hydrogens is 322 g/mol. The van der Waals surface area contributed by atoms with Crippen LogP contribution in [0.4, 0.5) is 0 Å². The number of aromatic nitrogens is 2. The van der Waals surface area contributed by atoms with E-state index in [0.29, 0.717) is 0 Å². The van der Waals surface area contributed by atoms with Crippen molar-refractivity contribution in [2.24, 2.45) is 0 Å². The first kappa shape index (κ1) is 13.9. The van der Waals surface area contributed by atoms with Crippen molar-refractivity contribution in [2.45, 2.75) is 31.9 Å². The van der Waals surface area contributed by atoms with Gasteiger partial charge in [-0.15, -0.1) is 0 Å². The number of nitrogens with one attached hydrogen (secondary N) is 3. The predicted molar refractivity (Wildman–Crippen MR) is 82.0 cm³/mol. The number of fused-ring (bicyclic) bond motifs is 1. The average Bonchev–Trinajstić information content (AvgIpc) is 3.03. The molecule has 2 atom stereocenters. The van der Waals surface area contributed by atoms with Gasteiger partial charge in [-0.1, -0.05) is 22.9 Å². The normalized spacial score (nSPS) is 20.6. The highest BCUT2D eigenvalue weighted by molar-refractivity contribution is 9.10. The van der Waals surface area contributed by atoms with Crippen molar-refractivity contribution >= 4 is 27.0 Å². The lowest BCUT2D eigenvalue weighted by Gasteiger charge is -2.25. The van der Waals surface area contributed by atoms with Gasteiger partial charge in [0.1, 0.15) is 0 Å². The first-order valence-electron chi connectivity index (χ1n) is 6.95. The maximum atomic E-state index is 11.4. The van der Waals surface area contributed by atoms with E-state index in [1.54, 1.807) is 0 Å². The van der Waals surface area contributed by atoms with Gasteiger partial charge in [-0.3, -0.25) is 0 Å². The number of ether oxygens (including phenoxy) is 1. The lowest BCUT2D eigenvalue weighted by Crippen LogP contribution is -2.31. The monoisotopic (exact) mass is 339 g/mol. The minimum atomic E-state index is -0.179. The van der Waals surface area contributed by atoms with E-state index in [0.717, 1.165) is 47.1 Å². The van der Waals surface area contributed by atoms with Crippen LogP contribution in [0.25, 0.3) is 11.0 Å². The van der Waals surface area contributed by atoms with E-state index >= 15 is 0 Å². The van der Waals surface area contributed by atoms with E-state index in [2.05, 4.69) is 38.1 Å². The van der Waals surface area contributed by atoms with Crippen molar-refractivity contribution in [3.8, 4) is 0 Å². The van der Waals surface area contributed by atoms with E-state index in [-0.39, 0.29) is 17.8 Å². The molecule has 2 aromatic rings. The number of aromatic amines is 2.